The molecule has 1 unspecified atom stereocenters. The lowest BCUT2D eigenvalue weighted by atomic mass is 9.96. The van der Waals surface area contributed by atoms with E-state index < -0.39 is 11.5 Å². The second-order valence-electron chi connectivity index (χ2n) is 4.37. The Hall–Kier alpha value is -0.880. The highest BCUT2D eigenvalue weighted by Crippen LogP contribution is 2.40. The van der Waals surface area contributed by atoms with Crippen LogP contribution >= 0.6 is 27.3 Å². The van der Waals surface area contributed by atoms with Crippen molar-refractivity contribution in [1.82, 2.24) is 5.32 Å². The average Bonchev–Trinajstić information content (AvgIpc) is 3.01. The summed E-state index contributed by atoms with van der Waals surface area (Å²) in [5.74, 6) is -1.24. The lowest BCUT2D eigenvalue weighted by Gasteiger charge is -2.25. The molecule has 2 rings (SSSR count). The lowest BCUT2D eigenvalue weighted by Crippen LogP contribution is -2.53. The van der Waals surface area contributed by atoms with Crippen LogP contribution in [0.15, 0.2) is 15.9 Å². The normalized spacial score (nSPS) is 18.5. The molecule has 1 amide bonds. The molecule has 17 heavy (non-hydrogen) atoms. The molecule has 1 aromatic rings. The summed E-state index contributed by atoms with van der Waals surface area (Å²) < 4.78 is 0.830. The van der Waals surface area contributed by atoms with E-state index in [4.69, 9.17) is 0 Å². The molecule has 92 valence electrons. The minimum Gasteiger partial charge on any atom is -0.480 e. The summed E-state index contributed by atoms with van der Waals surface area (Å²) in [6.07, 6.45) is 1.72. The number of carboxylic acids is 1. The zero-order valence-electron chi connectivity index (χ0n) is 9.20. The first kappa shape index (κ1) is 12.6. The Labute approximate surface area is 111 Å². The quantitative estimate of drug-likeness (QED) is 0.896. The Morgan fingerprint density at radius 2 is 2.24 bits per heavy atom. The Morgan fingerprint density at radius 3 is 2.65 bits per heavy atom. The van der Waals surface area contributed by atoms with Gasteiger partial charge in [0.25, 0.3) is 5.91 Å². The topological polar surface area (TPSA) is 66.4 Å². The maximum absolute atomic E-state index is 11.9. The number of carboxylic acid groups (broad SMARTS) is 1. The third kappa shape index (κ3) is 2.52. The van der Waals surface area contributed by atoms with Gasteiger partial charge in [-0.15, -0.1) is 11.3 Å². The molecule has 1 saturated carbocycles. The van der Waals surface area contributed by atoms with E-state index in [1.54, 1.807) is 18.4 Å². The van der Waals surface area contributed by atoms with E-state index in [0.29, 0.717) is 4.88 Å². The fourth-order valence-electron chi connectivity index (χ4n) is 1.72. The van der Waals surface area contributed by atoms with Gasteiger partial charge in [0.2, 0.25) is 0 Å². The molecule has 6 heteroatoms. The van der Waals surface area contributed by atoms with Gasteiger partial charge in [0.1, 0.15) is 5.54 Å². The third-order valence-corrected chi connectivity index (χ3v) is 4.69. The predicted molar refractivity (Wildman–Crippen MR) is 68.3 cm³/mol. The minimum absolute atomic E-state index is 0.0485. The zero-order valence-corrected chi connectivity index (χ0v) is 11.6. The van der Waals surface area contributed by atoms with E-state index in [1.807, 2.05) is 0 Å². The molecule has 1 fully saturated rings. The zero-order chi connectivity index (χ0) is 12.6. The first-order valence-corrected chi connectivity index (χ1v) is 6.90. The summed E-state index contributed by atoms with van der Waals surface area (Å²) in [5, 5.41) is 13.7. The van der Waals surface area contributed by atoms with Crippen molar-refractivity contribution in [2.75, 3.05) is 0 Å². The van der Waals surface area contributed by atoms with Crippen molar-refractivity contribution in [1.29, 1.82) is 0 Å². The number of amides is 1. The smallest absolute Gasteiger partial charge is 0.329 e. The number of nitrogens with one attached hydrogen (secondary N) is 1. The van der Waals surface area contributed by atoms with Gasteiger partial charge in [-0.05, 0) is 47.7 Å². The molecule has 0 radical (unpaired) electrons. The predicted octanol–water partition coefficient (Wildman–Crippen LogP) is 2.49. The number of carbonyl (C=O) groups excluding carboxylic acids is 1. The van der Waals surface area contributed by atoms with Gasteiger partial charge in [0.15, 0.2) is 0 Å². The molecule has 2 N–H and O–H groups in total. The van der Waals surface area contributed by atoms with Crippen molar-refractivity contribution in [2.24, 2.45) is 5.92 Å². The monoisotopic (exact) mass is 317 g/mol. The summed E-state index contributed by atoms with van der Waals surface area (Å²) in [6.45, 7) is 1.58. The van der Waals surface area contributed by atoms with Gasteiger partial charge in [0.05, 0.1) is 4.88 Å². The Kier molecular flexibility index (Phi) is 3.27. The summed E-state index contributed by atoms with van der Waals surface area (Å²) >= 11 is 4.55. The fourth-order valence-corrected chi connectivity index (χ4v) is 3.04. The number of halogens is 1. The lowest BCUT2D eigenvalue weighted by molar-refractivity contribution is -0.144. The largest absolute Gasteiger partial charge is 0.480 e. The van der Waals surface area contributed by atoms with Gasteiger partial charge in [0, 0.05) is 9.85 Å². The molecule has 1 aromatic heterocycles. The van der Waals surface area contributed by atoms with E-state index in [1.165, 1.54) is 11.3 Å². The van der Waals surface area contributed by atoms with Crippen LogP contribution in [-0.2, 0) is 4.79 Å². The number of carbonyl (C=O) groups is 2. The van der Waals surface area contributed by atoms with Crippen molar-refractivity contribution < 1.29 is 14.7 Å². The van der Waals surface area contributed by atoms with Gasteiger partial charge >= 0.3 is 5.97 Å². The average molecular weight is 318 g/mol. The molecular weight excluding hydrogens is 306 g/mol. The van der Waals surface area contributed by atoms with Crippen molar-refractivity contribution in [3.05, 3.63) is 20.8 Å². The van der Waals surface area contributed by atoms with Crippen LogP contribution in [0.3, 0.4) is 0 Å². The maximum atomic E-state index is 11.9. The highest BCUT2D eigenvalue weighted by Gasteiger charge is 2.48. The van der Waals surface area contributed by atoms with Crippen LogP contribution in [0, 0.1) is 5.92 Å². The van der Waals surface area contributed by atoms with Gasteiger partial charge in [-0.3, -0.25) is 4.79 Å². The SMILES string of the molecule is CC(NC(=O)c1cc(Br)cs1)(C(=O)O)C1CC1. The van der Waals surface area contributed by atoms with Crippen LogP contribution in [0.4, 0.5) is 0 Å². The molecule has 1 atom stereocenters. The van der Waals surface area contributed by atoms with Crippen LogP contribution in [-0.4, -0.2) is 22.5 Å². The number of hydrogen-bond acceptors (Lipinski definition) is 3. The third-order valence-electron chi connectivity index (χ3n) is 3.00. The van der Waals surface area contributed by atoms with E-state index in [0.717, 1.165) is 17.3 Å². The maximum Gasteiger partial charge on any atom is 0.329 e. The number of hydrogen-bond donors (Lipinski definition) is 2. The molecule has 1 aliphatic rings. The molecular formula is C11H12BrNO3S. The number of rotatable bonds is 4. The first-order chi connectivity index (χ1) is 7.93. The standard InChI is InChI=1S/C11H12BrNO3S/c1-11(10(15)16,6-2-3-6)13-9(14)8-4-7(12)5-17-8/h4-6H,2-3H2,1H3,(H,13,14)(H,15,16). The molecule has 1 aliphatic carbocycles. The van der Waals surface area contributed by atoms with Crippen LogP contribution in [0.2, 0.25) is 0 Å². The highest BCUT2D eigenvalue weighted by molar-refractivity contribution is 9.10. The molecule has 0 aliphatic heterocycles. The summed E-state index contributed by atoms with van der Waals surface area (Å²) in [5.41, 5.74) is -1.15. The Balaban J connectivity index is 2.14. The minimum atomic E-state index is -1.15. The van der Waals surface area contributed by atoms with Gasteiger partial charge < -0.3 is 10.4 Å². The summed E-state index contributed by atoms with van der Waals surface area (Å²) in [7, 11) is 0. The van der Waals surface area contributed by atoms with Gasteiger partial charge in [-0.1, -0.05) is 0 Å². The van der Waals surface area contributed by atoms with Crippen LogP contribution in [0.1, 0.15) is 29.4 Å². The van der Waals surface area contributed by atoms with Gasteiger partial charge in [-0.25, -0.2) is 4.79 Å². The van der Waals surface area contributed by atoms with Gasteiger partial charge in [-0.2, -0.15) is 0 Å². The molecule has 0 aromatic carbocycles. The molecule has 1 heterocycles. The van der Waals surface area contributed by atoms with E-state index in [-0.39, 0.29) is 11.8 Å². The Bertz CT molecular complexity index is 469. The highest BCUT2D eigenvalue weighted by atomic mass is 79.9. The van der Waals surface area contributed by atoms with E-state index in [2.05, 4.69) is 21.2 Å². The molecule has 4 nitrogen and oxygen atoms in total. The first-order valence-electron chi connectivity index (χ1n) is 5.23. The van der Waals surface area contributed by atoms with Crippen LogP contribution in [0.5, 0.6) is 0 Å². The number of thiophene rings is 1. The Morgan fingerprint density at radius 1 is 1.59 bits per heavy atom. The van der Waals surface area contributed by atoms with E-state index >= 15 is 0 Å². The molecule has 0 bridgehead atoms. The van der Waals surface area contributed by atoms with Crippen molar-refractivity contribution in [3.63, 3.8) is 0 Å². The fraction of sp³-hybridized carbons (Fsp3) is 0.455. The summed E-state index contributed by atoms with van der Waals surface area (Å²) in [6, 6.07) is 1.69. The second kappa shape index (κ2) is 4.42. The second-order valence-corrected chi connectivity index (χ2v) is 6.19. The van der Waals surface area contributed by atoms with Crippen LogP contribution < -0.4 is 5.32 Å². The summed E-state index contributed by atoms with van der Waals surface area (Å²) in [4.78, 5) is 23.7. The van der Waals surface area contributed by atoms with Crippen molar-refractivity contribution in [2.45, 2.75) is 25.3 Å². The number of aliphatic carboxylic acids is 1. The van der Waals surface area contributed by atoms with Crippen molar-refractivity contribution in [3.8, 4) is 0 Å². The van der Waals surface area contributed by atoms with Crippen molar-refractivity contribution >= 4 is 39.1 Å². The van der Waals surface area contributed by atoms with Crippen LogP contribution in [0.25, 0.3) is 0 Å². The van der Waals surface area contributed by atoms with E-state index in [9.17, 15) is 14.7 Å². The molecule has 0 spiro atoms. The molecule has 0 saturated heterocycles.